The summed E-state index contributed by atoms with van der Waals surface area (Å²) in [4.78, 5) is 12.1. The zero-order chi connectivity index (χ0) is 21.3. The average molecular weight is 439 g/mol. The molecule has 0 spiro atoms. The van der Waals surface area contributed by atoms with E-state index in [1.165, 1.54) is 4.31 Å². The Labute approximate surface area is 177 Å². The van der Waals surface area contributed by atoms with Gasteiger partial charge < -0.3 is 10.1 Å². The lowest BCUT2D eigenvalue weighted by Crippen LogP contribution is -2.32. The van der Waals surface area contributed by atoms with Crippen LogP contribution in [0, 0.1) is 0 Å². The summed E-state index contributed by atoms with van der Waals surface area (Å²) >= 11 is 5.85. The minimum absolute atomic E-state index is 0.0980. The summed E-state index contributed by atoms with van der Waals surface area (Å²) in [5.74, 6) is 0.587. The van der Waals surface area contributed by atoms with Crippen LogP contribution in [0.5, 0.6) is 5.75 Å². The van der Waals surface area contributed by atoms with E-state index in [0.717, 1.165) is 11.8 Å². The maximum atomic E-state index is 12.2. The van der Waals surface area contributed by atoms with Crippen molar-refractivity contribution >= 4 is 33.2 Å². The van der Waals surface area contributed by atoms with Gasteiger partial charge in [0.05, 0.1) is 18.6 Å². The van der Waals surface area contributed by atoms with E-state index in [1.807, 2.05) is 31.2 Å². The second-order valence-corrected chi connectivity index (χ2v) is 8.94. The second kappa shape index (κ2) is 11.1. The molecule has 0 unspecified atom stereocenters. The maximum Gasteiger partial charge on any atom is 0.232 e. The smallest absolute Gasteiger partial charge is 0.232 e. The van der Waals surface area contributed by atoms with Crippen LogP contribution in [0.3, 0.4) is 0 Å². The number of benzene rings is 2. The molecule has 0 saturated carbocycles. The van der Waals surface area contributed by atoms with Crippen LogP contribution in [0.4, 0.5) is 5.69 Å². The Morgan fingerprint density at radius 2 is 1.76 bits per heavy atom. The van der Waals surface area contributed by atoms with E-state index in [9.17, 15) is 13.2 Å². The molecule has 1 amide bonds. The second-order valence-electron chi connectivity index (χ2n) is 6.59. The lowest BCUT2D eigenvalue weighted by atomic mass is 10.1. The Balaban J connectivity index is 1.81. The molecule has 0 aliphatic carbocycles. The number of rotatable bonds is 11. The zero-order valence-electron chi connectivity index (χ0n) is 16.7. The normalized spacial score (nSPS) is 11.1. The molecule has 1 N–H and O–H groups in total. The van der Waals surface area contributed by atoms with Gasteiger partial charge in [0.25, 0.3) is 0 Å². The van der Waals surface area contributed by atoms with Gasteiger partial charge in [0.2, 0.25) is 15.9 Å². The number of ether oxygens (including phenoxy) is 1. The van der Waals surface area contributed by atoms with Crippen molar-refractivity contribution in [3.8, 4) is 5.75 Å². The summed E-state index contributed by atoms with van der Waals surface area (Å²) in [6.45, 7) is 3.19. The van der Waals surface area contributed by atoms with Crippen molar-refractivity contribution in [3.05, 3.63) is 59.1 Å². The largest absolute Gasteiger partial charge is 0.494 e. The van der Waals surface area contributed by atoms with Gasteiger partial charge in [0.15, 0.2) is 0 Å². The highest BCUT2D eigenvalue weighted by atomic mass is 35.5. The molecule has 8 heteroatoms. The standard InChI is InChI=1S/C21H27ClN2O4S/c1-3-28-20-12-10-19(11-13-20)24(29(2,26)27)16-4-5-21(25)23-15-14-17-6-8-18(22)9-7-17/h6-13H,3-5,14-16H2,1-2H3,(H,23,25). The molecule has 0 bridgehead atoms. The number of nitrogens with zero attached hydrogens (tertiary/aromatic N) is 1. The summed E-state index contributed by atoms with van der Waals surface area (Å²) in [6, 6.07) is 14.4. The lowest BCUT2D eigenvalue weighted by molar-refractivity contribution is -0.121. The van der Waals surface area contributed by atoms with Gasteiger partial charge in [-0.25, -0.2) is 8.42 Å². The first-order chi connectivity index (χ1) is 13.8. The summed E-state index contributed by atoms with van der Waals surface area (Å²) in [5.41, 5.74) is 1.65. The summed E-state index contributed by atoms with van der Waals surface area (Å²) in [7, 11) is -3.45. The van der Waals surface area contributed by atoms with Crippen LogP contribution < -0.4 is 14.4 Å². The molecular weight excluding hydrogens is 412 g/mol. The van der Waals surface area contributed by atoms with Gasteiger partial charge >= 0.3 is 0 Å². The third kappa shape index (κ3) is 7.95. The third-order valence-corrected chi connectivity index (χ3v) is 5.70. The molecule has 0 aromatic heterocycles. The van der Waals surface area contributed by atoms with Crippen LogP contribution in [0.15, 0.2) is 48.5 Å². The molecule has 0 aliphatic rings. The van der Waals surface area contributed by atoms with Crippen molar-refractivity contribution in [2.45, 2.75) is 26.2 Å². The van der Waals surface area contributed by atoms with E-state index >= 15 is 0 Å². The summed E-state index contributed by atoms with van der Waals surface area (Å²) < 4.78 is 31.0. The van der Waals surface area contributed by atoms with Gasteiger partial charge in [-0.2, -0.15) is 0 Å². The first kappa shape index (κ1) is 23.0. The quantitative estimate of drug-likeness (QED) is 0.581. The molecular formula is C21H27ClN2O4S. The number of amides is 1. The molecule has 0 fully saturated rings. The van der Waals surface area contributed by atoms with Crippen LogP contribution >= 0.6 is 11.6 Å². The van der Waals surface area contributed by atoms with E-state index in [1.54, 1.807) is 24.3 Å². The number of carbonyl (C=O) groups is 1. The van der Waals surface area contributed by atoms with E-state index in [-0.39, 0.29) is 18.9 Å². The monoisotopic (exact) mass is 438 g/mol. The zero-order valence-corrected chi connectivity index (χ0v) is 18.3. The molecule has 6 nitrogen and oxygen atoms in total. The van der Waals surface area contributed by atoms with Gasteiger partial charge in [-0.05, 0) is 61.7 Å². The van der Waals surface area contributed by atoms with Gasteiger partial charge in [-0.3, -0.25) is 9.10 Å². The van der Waals surface area contributed by atoms with Crippen LogP contribution in [-0.2, 0) is 21.2 Å². The summed E-state index contributed by atoms with van der Waals surface area (Å²) in [5, 5.41) is 3.54. The highest BCUT2D eigenvalue weighted by molar-refractivity contribution is 7.92. The maximum absolute atomic E-state index is 12.2. The predicted molar refractivity (Wildman–Crippen MR) is 117 cm³/mol. The SMILES string of the molecule is CCOc1ccc(N(CCCC(=O)NCCc2ccc(Cl)cc2)S(C)(=O)=O)cc1. The Kier molecular flexibility index (Phi) is 8.79. The molecule has 2 aromatic rings. The van der Waals surface area contributed by atoms with E-state index in [0.29, 0.717) is 42.5 Å². The molecule has 2 aromatic carbocycles. The van der Waals surface area contributed by atoms with Crippen LogP contribution in [-0.4, -0.2) is 40.3 Å². The number of hydrogen-bond donors (Lipinski definition) is 1. The molecule has 158 valence electrons. The van der Waals surface area contributed by atoms with Crippen molar-refractivity contribution in [1.29, 1.82) is 0 Å². The van der Waals surface area contributed by atoms with Crippen molar-refractivity contribution in [2.24, 2.45) is 0 Å². The Morgan fingerprint density at radius 1 is 1.10 bits per heavy atom. The highest BCUT2D eigenvalue weighted by Gasteiger charge is 2.17. The molecule has 0 radical (unpaired) electrons. The van der Waals surface area contributed by atoms with Crippen molar-refractivity contribution in [3.63, 3.8) is 0 Å². The van der Waals surface area contributed by atoms with Crippen molar-refractivity contribution in [1.82, 2.24) is 5.32 Å². The predicted octanol–water partition coefficient (Wildman–Crippen LogP) is 3.64. The van der Waals surface area contributed by atoms with E-state index in [2.05, 4.69) is 5.32 Å². The topological polar surface area (TPSA) is 75.7 Å². The van der Waals surface area contributed by atoms with Crippen molar-refractivity contribution < 1.29 is 17.9 Å². The fourth-order valence-corrected chi connectivity index (χ4v) is 3.92. The Bertz CT molecular complexity index is 884. The fraction of sp³-hybridized carbons (Fsp3) is 0.381. The average Bonchev–Trinajstić information content (AvgIpc) is 2.67. The molecule has 0 atom stereocenters. The highest BCUT2D eigenvalue weighted by Crippen LogP contribution is 2.22. The molecule has 2 rings (SSSR count). The number of anilines is 1. The van der Waals surface area contributed by atoms with Crippen LogP contribution in [0.25, 0.3) is 0 Å². The first-order valence-corrected chi connectivity index (χ1v) is 11.7. The Morgan fingerprint density at radius 3 is 2.34 bits per heavy atom. The van der Waals surface area contributed by atoms with Gasteiger partial charge in [0, 0.05) is 24.5 Å². The number of halogens is 1. The molecule has 0 saturated heterocycles. The number of nitrogens with one attached hydrogen (secondary N) is 1. The van der Waals surface area contributed by atoms with E-state index < -0.39 is 10.0 Å². The minimum atomic E-state index is -3.45. The molecule has 0 aliphatic heterocycles. The fourth-order valence-electron chi connectivity index (χ4n) is 2.83. The van der Waals surface area contributed by atoms with Gasteiger partial charge in [-0.1, -0.05) is 23.7 Å². The van der Waals surface area contributed by atoms with Crippen molar-refractivity contribution in [2.75, 3.05) is 30.3 Å². The summed E-state index contributed by atoms with van der Waals surface area (Å²) in [6.07, 6.45) is 2.55. The van der Waals surface area contributed by atoms with Gasteiger partial charge in [-0.15, -0.1) is 0 Å². The lowest BCUT2D eigenvalue weighted by Gasteiger charge is -2.22. The number of sulfonamides is 1. The van der Waals surface area contributed by atoms with Crippen LogP contribution in [0.1, 0.15) is 25.3 Å². The van der Waals surface area contributed by atoms with E-state index in [4.69, 9.17) is 16.3 Å². The first-order valence-electron chi connectivity index (χ1n) is 9.51. The minimum Gasteiger partial charge on any atom is -0.494 e. The molecule has 0 heterocycles. The number of carbonyl (C=O) groups excluding carboxylic acids is 1. The number of hydrogen-bond acceptors (Lipinski definition) is 4. The molecule has 29 heavy (non-hydrogen) atoms. The van der Waals surface area contributed by atoms with Gasteiger partial charge in [0.1, 0.15) is 5.75 Å². The Hall–Kier alpha value is -2.25. The third-order valence-electron chi connectivity index (χ3n) is 4.25. The van der Waals surface area contributed by atoms with Crippen LogP contribution in [0.2, 0.25) is 5.02 Å².